The molecule has 22 heavy (non-hydrogen) atoms. The molecule has 0 atom stereocenters. The summed E-state index contributed by atoms with van der Waals surface area (Å²) < 4.78 is 5.78. The largest absolute Gasteiger partial charge is 0.477 e. The number of anilines is 1. The van der Waals surface area contributed by atoms with Gasteiger partial charge in [-0.2, -0.15) is 4.98 Å². The number of hydrogen-bond acceptors (Lipinski definition) is 5. The summed E-state index contributed by atoms with van der Waals surface area (Å²) in [7, 11) is 0. The van der Waals surface area contributed by atoms with E-state index in [0.29, 0.717) is 30.9 Å². The third-order valence-electron chi connectivity index (χ3n) is 3.45. The van der Waals surface area contributed by atoms with Gasteiger partial charge in [-0.1, -0.05) is 13.8 Å². The average molecular weight is 298 g/mol. The summed E-state index contributed by atoms with van der Waals surface area (Å²) in [5, 5.41) is 3.35. The van der Waals surface area contributed by atoms with Crippen LogP contribution in [-0.4, -0.2) is 21.6 Å². The van der Waals surface area contributed by atoms with Crippen LogP contribution in [0.3, 0.4) is 0 Å². The van der Waals surface area contributed by atoms with Crippen LogP contribution in [0.1, 0.15) is 44.0 Å². The van der Waals surface area contributed by atoms with Crippen LogP contribution in [0.15, 0.2) is 30.6 Å². The van der Waals surface area contributed by atoms with Crippen molar-refractivity contribution < 1.29 is 4.74 Å². The van der Waals surface area contributed by atoms with Gasteiger partial charge in [-0.3, -0.25) is 4.98 Å². The van der Waals surface area contributed by atoms with E-state index in [9.17, 15) is 0 Å². The zero-order valence-electron chi connectivity index (χ0n) is 13.1. The monoisotopic (exact) mass is 298 g/mol. The Morgan fingerprint density at radius 3 is 2.68 bits per heavy atom. The van der Waals surface area contributed by atoms with Gasteiger partial charge < -0.3 is 10.1 Å². The van der Waals surface area contributed by atoms with Gasteiger partial charge in [0.15, 0.2) is 0 Å². The second-order valence-corrected chi connectivity index (χ2v) is 6.14. The van der Waals surface area contributed by atoms with Crippen LogP contribution in [-0.2, 0) is 6.54 Å². The molecule has 0 saturated heterocycles. The van der Waals surface area contributed by atoms with Gasteiger partial charge in [-0.05, 0) is 36.5 Å². The highest BCUT2D eigenvalue weighted by Crippen LogP contribution is 2.39. The fraction of sp³-hybridized carbons (Fsp3) is 0.471. The van der Waals surface area contributed by atoms with Crippen molar-refractivity contribution in [3.05, 3.63) is 42.0 Å². The van der Waals surface area contributed by atoms with E-state index in [4.69, 9.17) is 4.74 Å². The first-order chi connectivity index (χ1) is 10.7. The minimum absolute atomic E-state index is 0.479. The Balaban J connectivity index is 1.71. The maximum atomic E-state index is 5.78. The third kappa shape index (κ3) is 4.16. The van der Waals surface area contributed by atoms with Gasteiger partial charge in [0.05, 0.1) is 6.61 Å². The normalized spacial score (nSPS) is 14.1. The molecule has 1 saturated carbocycles. The molecule has 0 bridgehead atoms. The Hall–Kier alpha value is -2.17. The number of nitrogens with zero attached hydrogens (tertiary/aromatic N) is 3. The van der Waals surface area contributed by atoms with Crippen LogP contribution >= 0.6 is 0 Å². The highest BCUT2D eigenvalue weighted by atomic mass is 16.5. The Kier molecular flexibility index (Phi) is 4.51. The molecule has 0 aromatic carbocycles. The van der Waals surface area contributed by atoms with Crippen molar-refractivity contribution in [3.8, 4) is 5.88 Å². The first-order valence-electron chi connectivity index (χ1n) is 7.85. The molecule has 2 heterocycles. The molecule has 5 nitrogen and oxygen atoms in total. The molecule has 1 aliphatic carbocycles. The third-order valence-corrected chi connectivity index (χ3v) is 3.45. The molecule has 3 rings (SSSR count). The van der Waals surface area contributed by atoms with Crippen LogP contribution in [0.5, 0.6) is 5.88 Å². The summed E-state index contributed by atoms with van der Waals surface area (Å²) in [4.78, 5) is 13.2. The van der Waals surface area contributed by atoms with E-state index in [1.165, 1.54) is 18.4 Å². The van der Waals surface area contributed by atoms with Crippen molar-refractivity contribution in [2.24, 2.45) is 5.92 Å². The molecule has 1 N–H and O–H groups in total. The number of ether oxygens (including phenoxy) is 1. The molecule has 0 spiro atoms. The second kappa shape index (κ2) is 6.73. The molecule has 2 aromatic rings. The lowest BCUT2D eigenvalue weighted by atomic mass is 10.2. The molecule has 5 heteroatoms. The minimum atomic E-state index is 0.479. The number of pyridine rings is 1. The van der Waals surface area contributed by atoms with Gasteiger partial charge >= 0.3 is 0 Å². The minimum Gasteiger partial charge on any atom is -0.477 e. The molecule has 1 aliphatic rings. The van der Waals surface area contributed by atoms with Crippen molar-refractivity contribution in [2.75, 3.05) is 11.9 Å². The molecule has 0 unspecified atom stereocenters. The van der Waals surface area contributed by atoms with E-state index in [2.05, 4.69) is 34.1 Å². The van der Waals surface area contributed by atoms with E-state index < -0.39 is 0 Å². The Morgan fingerprint density at radius 2 is 2.00 bits per heavy atom. The van der Waals surface area contributed by atoms with E-state index in [1.54, 1.807) is 12.4 Å². The standard InChI is InChI=1S/C17H22N4O/c1-12(2)11-22-16-9-15(20-17(21-16)14-3-4-14)19-10-13-5-7-18-8-6-13/h5-9,12,14H,3-4,10-11H2,1-2H3,(H,19,20,21). The highest BCUT2D eigenvalue weighted by Gasteiger charge is 2.27. The van der Waals surface area contributed by atoms with Crippen molar-refractivity contribution in [1.82, 2.24) is 15.0 Å². The Bertz CT molecular complexity index is 611. The van der Waals surface area contributed by atoms with Crippen LogP contribution in [0, 0.1) is 5.92 Å². The second-order valence-electron chi connectivity index (χ2n) is 6.14. The molecule has 116 valence electrons. The number of rotatable bonds is 7. The van der Waals surface area contributed by atoms with Gasteiger partial charge in [0.2, 0.25) is 5.88 Å². The number of aromatic nitrogens is 3. The topological polar surface area (TPSA) is 59.9 Å². The zero-order chi connectivity index (χ0) is 15.4. The SMILES string of the molecule is CC(C)COc1cc(NCc2ccncc2)nc(C2CC2)n1. The summed E-state index contributed by atoms with van der Waals surface area (Å²) in [5.41, 5.74) is 1.17. The van der Waals surface area contributed by atoms with Gasteiger partial charge in [0.1, 0.15) is 11.6 Å². The summed E-state index contributed by atoms with van der Waals surface area (Å²) in [6, 6.07) is 5.87. The molecular formula is C17H22N4O. The maximum absolute atomic E-state index is 5.78. The quantitative estimate of drug-likeness (QED) is 0.849. The fourth-order valence-corrected chi connectivity index (χ4v) is 2.08. The van der Waals surface area contributed by atoms with E-state index in [1.807, 2.05) is 18.2 Å². The van der Waals surface area contributed by atoms with Crippen LogP contribution < -0.4 is 10.1 Å². The van der Waals surface area contributed by atoms with E-state index >= 15 is 0 Å². The zero-order valence-corrected chi connectivity index (χ0v) is 13.1. The first kappa shape index (κ1) is 14.8. The predicted octanol–water partition coefficient (Wildman–Crippen LogP) is 3.40. The highest BCUT2D eigenvalue weighted by molar-refractivity contribution is 5.40. The van der Waals surface area contributed by atoms with Crippen molar-refractivity contribution in [3.63, 3.8) is 0 Å². The lowest BCUT2D eigenvalue weighted by Gasteiger charge is -2.12. The van der Waals surface area contributed by atoms with Gasteiger partial charge in [0, 0.05) is 30.9 Å². The summed E-state index contributed by atoms with van der Waals surface area (Å²) in [6.45, 7) is 5.65. The average Bonchev–Trinajstić information content (AvgIpc) is 3.37. The molecule has 0 aliphatic heterocycles. The van der Waals surface area contributed by atoms with Gasteiger partial charge in [-0.25, -0.2) is 4.98 Å². The molecular weight excluding hydrogens is 276 g/mol. The van der Waals surface area contributed by atoms with Crippen LogP contribution in [0.4, 0.5) is 5.82 Å². The van der Waals surface area contributed by atoms with E-state index in [0.717, 1.165) is 11.6 Å². The number of hydrogen-bond donors (Lipinski definition) is 1. The lowest BCUT2D eigenvalue weighted by molar-refractivity contribution is 0.260. The van der Waals surface area contributed by atoms with Crippen LogP contribution in [0.2, 0.25) is 0 Å². The van der Waals surface area contributed by atoms with Gasteiger partial charge in [-0.15, -0.1) is 0 Å². The molecule has 2 aromatic heterocycles. The number of nitrogens with one attached hydrogen (secondary N) is 1. The summed E-state index contributed by atoms with van der Waals surface area (Å²) >= 11 is 0. The van der Waals surface area contributed by atoms with Crippen LogP contribution in [0.25, 0.3) is 0 Å². The smallest absolute Gasteiger partial charge is 0.218 e. The molecule has 0 amide bonds. The summed E-state index contributed by atoms with van der Waals surface area (Å²) in [5.74, 6) is 3.38. The van der Waals surface area contributed by atoms with Crippen molar-refractivity contribution in [2.45, 2.75) is 39.2 Å². The van der Waals surface area contributed by atoms with Crippen molar-refractivity contribution in [1.29, 1.82) is 0 Å². The van der Waals surface area contributed by atoms with Gasteiger partial charge in [0.25, 0.3) is 0 Å². The predicted molar refractivity (Wildman–Crippen MR) is 85.9 cm³/mol. The lowest BCUT2D eigenvalue weighted by Crippen LogP contribution is -2.09. The van der Waals surface area contributed by atoms with E-state index in [-0.39, 0.29) is 0 Å². The van der Waals surface area contributed by atoms with Crippen molar-refractivity contribution >= 4 is 5.82 Å². The summed E-state index contributed by atoms with van der Waals surface area (Å²) in [6.07, 6.45) is 5.95. The Morgan fingerprint density at radius 1 is 1.23 bits per heavy atom. The maximum Gasteiger partial charge on any atom is 0.218 e. The molecule has 0 radical (unpaired) electrons. The molecule has 1 fully saturated rings. The Labute approximate surface area is 131 Å². The first-order valence-corrected chi connectivity index (χ1v) is 7.85. The fourth-order valence-electron chi connectivity index (χ4n) is 2.08.